The van der Waals surface area contributed by atoms with Crippen molar-refractivity contribution >= 4 is 10.9 Å². The summed E-state index contributed by atoms with van der Waals surface area (Å²) in [7, 11) is 0. The summed E-state index contributed by atoms with van der Waals surface area (Å²) >= 11 is 0. The predicted octanol–water partition coefficient (Wildman–Crippen LogP) is 4.18. The van der Waals surface area contributed by atoms with Gasteiger partial charge in [0.15, 0.2) is 0 Å². The van der Waals surface area contributed by atoms with Gasteiger partial charge in [0.1, 0.15) is 11.6 Å². The normalized spacial score (nSPS) is 17.5. The fourth-order valence-corrected chi connectivity index (χ4v) is 3.38. The molecule has 4 heteroatoms. The van der Waals surface area contributed by atoms with Crippen LogP contribution >= 0.6 is 0 Å². The van der Waals surface area contributed by atoms with Crippen molar-refractivity contribution < 1.29 is 4.39 Å². The average molecular weight is 322 g/mol. The molecule has 0 saturated carbocycles. The van der Waals surface area contributed by atoms with Gasteiger partial charge in [-0.3, -0.25) is 9.36 Å². The first-order chi connectivity index (χ1) is 11.6. The maximum Gasteiger partial charge on any atom is 0.261 e. The van der Waals surface area contributed by atoms with Crippen molar-refractivity contribution in [2.75, 3.05) is 0 Å². The first-order valence-corrected chi connectivity index (χ1v) is 8.41. The quantitative estimate of drug-likeness (QED) is 0.674. The first-order valence-electron chi connectivity index (χ1n) is 8.41. The van der Waals surface area contributed by atoms with Gasteiger partial charge in [0.25, 0.3) is 5.56 Å². The molecule has 1 atom stereocenters. The summed E-state index contributed by atoms with van der Waals surface area (Å²) in [5.41, 5.74) is 2.64. The van der Waals surface area contributed by atoms with Crippen LogP contribution in [0.15, 0.2) is 47.3 Å². The molecule has 0 fully saturated rings. The Morgan fingerprint density at radius 1 is 1.08 bits per heavy atom. The highest BCUT2D eigenvalue weighted by Gasteiger charge is 2.17. The molecule has 1 aliphatic rings. The molecular weight excluding hydrogens is 303 g/mol. The van der Waals surface area contributed by atoms with Crippen molar-refractivity contribution in [3.05, 3.63) is 64.5 Å². The lowest BCUT2D eigenvalue weighted by Crippen LogP contribution is -2.24. The molecule has 24 heavy (non-hydrogen) atoms. The van der Waals surface area contributed by atoms with Gasteiger partial charge < -0.3 is 0 Å². The van der Waals surface area contributed by atoms with Gasteiger partial charge in [0, 0.05) is 13.0 Å². The van der Waals surface area contributed by atoms with Gasteiger partial charge in [0.05, 0.1) is 10.9 Å². The number of aryl methyl sites for hydroxylation is 1. The van der Waals surface area contributed by atoms with Crippen LogP contribution in [0.4, 0.5) is 4.39 Å². The number of nitrogens with zero attached hydrogens (tertiary/aromatic N) is 2. The Kier molecular flexibility index (Phi) is 3.68. The first kappa shape index (κ1) is 15.1. The third-order valence-corrected chi connectivity index (χ3v) is 4.92. The lowest BCUT2D eigenvalue weighted by molar-refractivity contribution is 0.484. The minimum Gasteiger partial charge on any atom is -0.296 e. The van der Waals surface area contributed by atoms with Crippen LogP contribution < -0.4 is 5.56 Å². The van der Waals surface area contributed by atoms with Gasteiger partial charge in [-0.1, -0.05) is 25.1 Å². The summed E-state index contributed by atoms with van der Waals surface area (Å²) < 4.78 is 14.9. The van der Waals surface area contributed by atoms with Crippen LogP contribution in [0.5, 0.6) is 0 Å². The molecule has 2 aromatic carbocycles. The smallest absolute Gasteiger partial charge is 0.261 e. The summed E-state index contributed by atoms with van der Waals surface area (Å²) in [5.74, 6) is 1.24. The van der Waals surface area contributed by atoms with E-state index in [2.05, 4.69) is 6.92 Å². The molecule has 2 heterocycles. The maximum absolute atomic E-state index is 13.1. The highest BCUT2D eigenvalue weighted by molar-refractivity contribution is 5.83. The third-order valence-electron chi connectivity index (χ3n) is 4.92. The van der Waals surface area contributed by atoms with E-state index in [1.807, 2.05) is 22.8 Å². The van der Waals surface area contributed by atoms with Crippen LogP contribution in [0.25, 0.3) is 22.0 Å². The van der Waals surface area contributed by atoms with E-state index in [0.717, 1.165) is 48.3 Å². The standard InChI is InChI=1S/C20H19FN2O/c1-13-2-9-19-22-18-12-15(14-3-6-16(21)7-4-14)5-8-17(18)20(24)23(19)11-10-13/h3-8,12-13H,2,9-11H2,1H3. The van der Waals surface area contributed by atoms with E-state index >= 15 is 0 Å². The van der Waals surface area contributed by atoms with Gasteiger partial charge in [-0.25, -0.2) is 9.37 Å². The van der Waals surface area contributed by atoms with Crippen LogP contribution in [0.1, 0.15) is 25.6 Å². The molecule has 3 nitrogen and oxygen atoms in total. The number of rotatable bonds is 1. The van der Waals surface area contributed by atoms with E-state index in [1.165, 1.54) is 12.1 Å². The van der Waals surface area contributed by atoms with Crippen molar-refractivity contribution in [3.63, 3.8) is 0 Å². The molecular formula is C20H19FN2O. The van der Waals surface area contributed by atoms with E-state index in [-0.39, 0.29) is 11.4 Å². The molecule has 0 aliphatic carbocycles. The molecule has 3 aromatic rings. The number of fused-ring (bicyclic) bond motifs is 2. The number of hydrogen-bond acceptors (Lipinski definition) is 2. The summed E-state index contributed by atoms with van der Waals surface area (Å²) in [6.07, 6.45) is 2.93. The number of benzene rings is 2. The van der Waals surface area contributed by atoms with Gasteiger partial charge >= 0.3 is 0 Å². The summed E-state index contributed by atoms with van der Waals surface area (Å²) in [6.45, 7) is 2.97. The molecule has 0 spiro atoms. The van der Waals surface area contributed by atoms with E-state index in [1.54, 1.807) is 12.1 Å². The number of aromatic nitrogens is 2. The number of hydrogen-bond donors (Lipinski definition) is 0. The van der Waals surface area contributed by atoms with E-state index in [9.17, 15) is 9.18 Å². The Morgan fingerprint density at radius 3 is 2.62 bits per heavy atom. The second kappa shape index (κ2) is 5.86. The van der Waals surface area contributed by atoms with Crippen LogP contribution in [0.3, 0.4) is 0 Å². The molecule has 1 aliphatic heterocycles. The zero-order chi connectivity index (χ0) is 16.7. The van der Waals surface area contributed by atoms with Crippen LogP contribution in [-0.4, -0.2) is 9.55 Å². The second-order valence-corrected chi connectivity index (χ2v) is 6.66. The zero-order valence-corrected chi connectivity index (χ0v) is 13.6. The fraction of sp³-hybridized carbons (Fsp3) is 0.300. The zero-order valence-electron chi connectivity index (χ0n) is 13.6. The summed E-state index contributed by atoms with van der Waals surface area (Å²) in [5, 5.41) is 0.652. The highest BCUT2D eigenvalue weighted by atomic mass is 19.1. The van der Waals surface area contributed by atoms with E-state index in [4.69, 9.17) is 4.98 Å². The van der Waals surface area contributed by atoms with E-state index in [0.29, 0.717) is 11.3 Å². The van der Waals surface area contributed by atoms with Gasteiger partial charge in [0.2, 0.25) is 0 Å². The van der Waals surface area contributed by atoms with Crippen molar-refractivity contribution in [2.45, 2.75) is 32.7 Å². The molecule has 0 saturated heterocycles. The topological polar surface area (TPSA) is 34.9 Å². The molecule has 1 aromatic heterocycles. The Morgan fingerprint density at radius 2 is 1.83 bits per heavy atom. The lowest BCUT2D eigenvalue weighted by Gasteiger charge is -2.11. The Labute approximate surface area is 139 Å². The largest absolute Gasteiger partial charge is 0.296 e. The summed E-state index contributed by atoms with van der Waals surface area (Å²) in [6, 6.07) is 12.1. The Balaban J connectivity index is 1.86. The molecule has 1 unspecified atom stereocenters. The SMILES string of the molecule is CC1CCc2nc3cc(-c4ccc(F)cc4)ccc3c(=O)n2CC1. The summed E-state index contributed by atoms with van der Waals surface area (Å²) in [4.78, 5) is 17.6. The number of halogens is 1. The average Bonchev–Trinajstić information content (AvgIpc) is 2.77. The minimum atomic E-state index is -0.254. The Bertz CT molecular complexity index is 960. The van der Waals surface area contributed by atoms with Crippen molar-refractivity contribution in [1.29, 1.82) is 0 Å². The van der Waals surface area contributed by atoms with Crippen LogP contribution in [0.2, 0.25) is 0 Å². The third kappa shape index (κ3) is 2.62. The minimum absolute atomic E-state index is 0.0507. The molecule has 122 valence electrons. The van der Waals surface area contributed by atoms with Crippen LogP contribution in [0, 0.1) is 11.7 Å². The maximum atomic E-state index is 13.1. The van der Waals surface area contributed by atoms with Gasteiger partial charge in [-0.15, -0.1) is 0 Å². The fourth-order valence-electron chi connectivity index (χ4n) is 3.38. The van der Waals surface area contributed by atoms with E-state index < -0.39 is 0 Å². The molecule has 4 rings (SSSR count). The second-order valence-electron chi connectivity index (χ2n) is 6.66. The molecule has 0 N–H and O–H groups in total. The predicted molar refractivity (Wildman–Crippen MR) is 93.5 cm³/mol. The Hall–Kier alpha value is -2.49. The monoisotopic (exact) mass is 322 g/mol. The van der Waals surface area contributed by atoms with Crippen LogP contribution in [-0.2, 0) is 13.0 Å². The van der Waals surface area contributed by atoms with Crippen molar-refractivity contribution in [3.8, 4) is 11.1 Å². The van der Waals surface area contributed by atoms with Gasteiger partial charge in [-0.2, -0.15) is 0 Å². The molecule has 0 bridgehead atoms. The highest BCUT2D eigenvalue weighted by Crippen LogP contribution is 2.24. The molecule has 0 radical (unpaired) electrons. The van der Waals surface area contributed by atoms with Gasteiger partial charge in [-0.05, 0) is 54.2 Å². The van der Waals surface area contributed by atoms with Crippen molar-refractivity contribution in [1.82, 2.24) is 9.55 Å². The lowest BCUT2D eigenvalue weighted by atomic mass is 10.0. The molecule has 0 amide bonds. The van der Waals surface area contributed by atoms with Crippen molar-refractivity contribution in [2.24, 2.45) is 5.92 Å².